The Morgan fingerprint density at radius 3 is 2.28 bits per heavy atom. The highest BCUT2D eigenvalue weighted by atomic mass is 16.5. The van der Waals surface area contributed by atoms with Crippen molar-refractivity contribution >= 4 is 29.4 Å². The van der Waals surface area contributed by atoms with E-state index < -0.39 is 17.7 Å². The van der Waals surface area contributed by atoms with Crippen molar-refractivity contribution in [3.63, 3.8) is 0 Å². The zero-order valence-electron chi connectivity index (χ0n) is 13.5. The predicted octanol–water partition coefficient (Wildman–Crippen LogP) is 0.528. The SMILES string of the molecule is COC(=O)C1=c2cc(O)c(C(=O)c3cccc(C(=O)OC)c3)cc2=C1. The lowest BCUT2D eigenvalue weighted by Crippen LogP contribution is -2.38. The summed E-state index contributed by atoms with van der Waals surface area (Å²) in [5.74, 6) is -1.74. The van der Waals surface area contributed by atoms with Crippen molar-refractivity contribution in [1.82, 2.24) is 0 Å². The Hall–Kier alpha value is -3.41. The number of methoxy groups -OCH3 is 2. The molecule has 0 aliphatic heterocycles. The van der Waals surface area contributed by atoms with Crippen LogP contribution >= 0.6 is 0 Å². The van der Waals surface area contributed by atoms with Crippen LogP contribution in [0.5, 0.6) is 5.75 Å². The second kappa shape index (κ2) is 6.24. The van der Waals surface area contributed by atoms with Crippen LogP contribution in [0.1, 0.15) is 26.3 Å². The van der Waals surface area contributed by atoms with Crippen LogP contribution < -0.4 is 10.4 Å². The van der Waals surface area contributed by atoms with Crippen molar-refractivity contribution in [3.8, 4) is 5.75 Å². The van der Waals surface area contributed by atoms with Crippen molar-refractivity contribution in [2.75, 3.05) is 14.2 Å². The van der Waals surface area contributed by atoms with Crippen LogP contribution in [-0.4, -0.2) is 37.0 Å². The first-order valence-corrected chi connectivity index (χ1v) is 7.36. The molecule has 1 aliphatic rings. The van der Waals surface area contributed by atoms with Crippen LogP contribution in [0.15, 0.2) is 36.4 Å². The number of benzene rings is 2. The van der Waals surface area contributed by atoms with Gasteiger partial charge in [-0.15, -0.1) is 0 Å². The van der Waals surface area contributed by atoms with Crippen LogP contribution in [-0.2, 0) is 14.3 Å². The molecule has 2 aromatic carbocycles. The summed E-state index contributed by atoms with van der Waals surface area (Å²) in [7, 11) is 2.53. The van der Waals surface area contributed by atoms with Crippen molar-refractivity contribution in [2.45, 2.75) is 0 Å². The number of phenols is 1. The van der Waals surface area contributed by atoms with E-state index >= 15 is 0 Å². The normalized spacial score (nSPS) is 11.7. The Balaban J connectivity index is 2.02. The maximum absolute atomic E-state index is 12.7. The van der Waals surface area contributed by atoms with Gasteiger partial charge in [-0.2, -0.15) is 0 Å². The fourth-order valence-electron chi connectivity index (χ4n) is 2.63. The average Bonchev–Trinajstić information content (AvgIpc) is 2.63. The Kier molecular flexibility index (Phi) is 4.10. The molecule has 25 heavy (non-hydrogen) atoms. The summed E-state index contributed by atoms with van der Waals surface area (Å²) in [4.78, 5) is 35.8. The molecule has 0 saturated heterocycles. The van der Waals surface area contributed by atoms with Gasteiger partial charge in [-0.1, -0.05) is 12.1 Å². The summed E-state index contributed by atoms with van der Waals surface area (Å²) in [6.07, 6.45) is 1.59. The fraction of sp³-hybridized carbons (Fsp3) is 0.105. The monoisotopic (exact) mass is 338 g/mol. The summed E-state index contributed by atoms with van der Waals surface area (Å²) in [5.41, 5.74) is 0.916. The molecule has 0 aromatic heterocycles. The summed E-state index contributed by atoms with van der Waals surface area (Å²) in [5, 5.41) is 11.4. The molecule has 126 valence electrons. The number of phenolic OH excluding ortho intramolecular Hbond substituents is 1. The van der Waals surface area contributed by atoms with Crippen LogP contribution in [0.2, 0.25) is 0 Å². The quantitative estimate of drug-likeness (QED) is 0.646. The number of rotatable bonds is 4. The minimum absolute atomic E-state index is 0.0842. The Morgan fingerprint density at radius 2 is 1.60 bits per heavy atom. The Bertz CT molecular complexity index is 1030. The predicted molar refractivity (Wildman–Crippen MR) is 88.5 cm³/mol. The number of ketones is 1. The molecule has 3 rings (SSSR count). The van der Waals surface area contributed by atoms with E-state index in [0.29, 0.717) is 16.0 Å². The summed E-state index contributed by atoms with van der Waals surface area (Å²) >= 11 is 0. The van der Waals surface area contributed by atoms with Gasteiger partial charge >= 0.3 is 11.9 Å². The molecule has 0 fully saturated rings. The van der Waals surface area contributed by atoms with Gasteiger partial charge in [-0.3, -0.25) is 4.79 Å². The maximum atomic E-state index is 12.7. The number of hydrogen-bond donors (Lipinski definition) is 1. The molecule has 0 unspecified atom stereocenters. The minimum Gasteiger partial charge on any atom is -0.507 e. The van der Waals surface area contributed by atoms with E-state index in [1.807, 2.05) is 0 Å². The first-order valence-electron chi connectivity index (χ1n) is 7.36. The van der Waals surface area contributed by atoms with E-state index in [1.54, 1.807) is 18.2 Å². The van der Waals surface area contributed by atoms with Gasteiger partial charge in [0.15, 0.2) is 5.78 Å². The zero-order chi connectivity index (χ0) is 18.1. The van der Waals surface area contributed by atoms with Crippen molar-refractivity contribution in [3.05, 3.63) is 63.5 Å². The lowest BCUT2D eigenvalue weighted by Gasteiger charge is -2.12. The maximum Gasteiger partial charge on any atom is 0.338 e. The van der Waals surface area contributed by atoms with E-state index in [0.717, 1.165) is 0 Å². The van der Waals surface area contributed by atoms with Crippen LogP contribution in [0.3, 0.4) is 0 Å². The molecule has 0 amide bonds. The number of carbonyl (C=O) groups excluding carboxylic acids is 3. The molecular formula is C19H14O6. The molecule has 0 heterocycles. The van der Waals surface area contributed by atoms with Crippen molar-refractivity contribution in [2.24, 2.45) is 0 Å². The van der Waals surface area contributed by atoms with Crippen LogP contribution in [0.25, 0.3) is 11.6 Å². The number of fused-ring (bicyclic) bond motifs is 1. The first-order chi connectivity index (χ1) is 12.0. The summed E-state index contributed by atoms with van der Waals surface area (Å²) < 4.78 is 9.28. The van der Waals surface area contributed by atoms with Crippen molar-refractivity contribution in [1.29, 1.82) is 0 Å². The molecule has 0 radical (unpaired) electrons. The lowest BCUT2D eigenvalue weighted by molar-refractivity contribution is -0.133. The average molecular weight is 338 g/mol. The van der Waals surface area contributed by atoms with Crippen LogP contribution in [0.4, 0.5) is 0 Å². The standard InChI is InChI=1S/C19H14O6/c1-24-18(22)11-5-3-4-10(6-11)17(21)15-8-12-7-14(19(23)25-2)13(12)9-16(15)20/h3-9,20H,1-2H3. The van der Waals surface area contributed by atoms with Gasteiger partial charge in [-0.05, 0) is 40.8 Å². The second-order valence-corrected chi connectivity index (χ2v) is 5.41. The Labute approximate surface area is 142 Å². The van der Waals surface area contributed by atoms with E-state index in [1.165, 1.54) is 38.5 Å². The number of ether oxygens (including phenoxy) is 2. The second-order valence-electron chi connectivity index (χ2n) is 5.41. The lowest BCUT2D eigenvalue weighted by atomic mass is 9.94. The largest absolute Gasteiger partial charge is 0.507 e. The fourth-order valence-corrected chi connectivity index (χ4v) is 2.63. The van der Waals surface area contributed by atoms with Gasteiger partial charge in [-0.25, -0.2) is 9.59 Å². The van der Waals surface area contributed by atoms with Gasteiger partial charge in [0.1, 0.15) is 5.75 Å². The van der Waals surface area contributed by atoms with Gasteiger partial charge in [0.05, 0.1) is 30.9 Å². The third-order valence-corrected chi connectivity index (χ3v) is 3.95. The first kappa shape index (κ1) is 16.4. The van der Waals surface area contributed by atoms with E-state index in [4.69, 9.17) is 0 Å². The number of carbonyl (C=O) groups is 3. The molecule has 0 atom stereocenters. The highest BCUT2D eigenvalue weighted by Crippen LogP contribution is 2.20. The third kappa shape index (κ3) is 2.78. The van der Waals surface area contributed by atoms with Crippen molar-refractivity contribution < 1.29 is 29.0 Å². The molecule has 6 heteroatoms. The number of esters is 2. The summed E-state index contributed by atoms with van der Waals surface area (Å²) in [6.45, 7) is 0. The van der Waals surface area contributed by atoms with Gasteiger partial charge in [0, 0.05) is 5.56 Å². The summed E-state index contributed by atoms with van der Waals surface area (Å²) in [6, 6.07) is 8.91. The molecule has 2 aromatic rings. The number of aromatic hydroxyl groups is 1. The molecule has 1 aliphatic carbocycles. The molecule has 6 nitrogen and oxygen atoms in total. The molecular weight excluding hydrogens is 324 g/mol. The van der Waals surface area contributed by atoms with E-state index in [-0.39, 0.29) is 22.4 Å². The molecule has 0 saturated carbocycles. The van der Waals surface area contributed by atoms with Gasteiger partial charge in [0.2, 0.25) is 0 Å². The Morgan fingerprint density at radius 1 is 0.920 bits per heavy atom. The topological polar surface area (TPSA) is 89.9 Å². The highest BCUT2D eigenvalue weighted by molar-refractivity contribution is 6.23. The molecule has 0 spiro atoms. The van der Waals surface area contributed by atoms with Crippen LogP contribution in [0, 0.1) is 0 Å². The van der Waals surface area contributed by atoms with Gasteiger partial charge < -0.3 is 14.6 Å². The van der Waals surface area contributed by atoms with E-state index in [9.17, 15) is 19.5 Å². The molecule has 0 bridgehead atoms. The smallest absolute Gasteiger partial charge is 0.338 e. The van der Waals surface area contributed by atoms with E-state index in [2.05, 4.69) is 9.47 Å². The minimum atomic E-state index is -0.554. The molecule has 1 N–H and O–H groups in total. The highest BCUT2D eigenvalue weighted by Gasteiger charge is 2.21. The third-order valence-electron chi connectivity index (χ3n) is 3.95. The number of hydrogen-bond acceptors (Lipinski definition) is 6. The zero-order valence-corrected chi connectivity index (χ0v) is 13.5. The van der Waals surface area contributed by atoms with Gasteiger partial charge in [0.25, 0.3) is 0 Å².